The summed E-state index contributed by atoms with van der Waals surface area (Å²) in [7, 11) is 0. The number of aromatic amines is 1. The quantitative estimate of drug-likeness (QED) is 0.549. The number of H-pyrrole nitrogens is 1. The van der Waals surface area contributed by atoms with Gasteiger partial charge in [0.2, 0.25) is 0 Å². The number of aromatic nitrogens is 1. The summed E-state index contributed by atoms with van der Waals surface area (Å²) in [6.07, 6.45) is 0.812. The van der Waals surface area contributed by atoms with Crippen molar-refractivity contribution in [3.05, 3.63) is 30.0 Å². The molecule has 0 atom stereocenters. The van der Waals surface area contributed by atoms with E-state index in [0.717, 1.165) is 17.3 Å². The van der Waals surface area contributed by atoms with Crippen molar-refractivity contribution in [1.82, 2.24) is 10.3 Å². The fraction of sp³-hybridized carbons (Fsp3) is 0.357. The summed E-state index contributed by atoms with van der Waals surface area (Å²) in [5.41, 5.74) is 7.86. The molecule has 19 heavy (non-hydrogen) atoms. The van der Waals surface area contributed by atoms with Gasteiger partial charge in [-0.05, 0) is 37.6 Å². The van der Waals surface area contributed by atoms with Crippen LogP contribution in [0, 0.1) is 0 Å². The lowest BCUT2D eigenvalue weighted by atomic mass is 10.2. The lowest BCUT2D eigenvalue weighted by Gasteiger charge is -2.03. The Kier molecular flexibility index (Phi) is 4.41. The number of ether oxygens (including phenoxy) is 1. The molecule has 102 valence electrons. The third kappa shape index (κ3) is 3.48. The zero-order valence-corrected chi connectivity index (χ0v) is 11.0. The number of carbonyl (C=O) groups is 1. The first-order chi connectivity index (χ1) is 9.20. The molecule has 0 aliphatic rings. The van der Waals surface area contributed by atoms with E-state index in [2.05, 4.69) is 10.3 Å². The van der Waals surface area contributed by atoms with Crippen LogP contribution in [0.2, 0.25) is 0 Å². The molecule has 2 aromatic rings. The number of hydrogen-bond donors (Lipinski definition) is 3. The zero-order valence-electron chi connectivity index (χ0n) is 11.0. The van der Waals surface area contributed by atoms with Gasteiger partial charge in [-0.25, -0.2) is 0 Å². The topological polar surface area (TPSA) is 80.1 Å². The van der Waals surface area contributed by atoms with Gasteiger partial charge in [0.15, 0.2) is 0 Å². The number of nitrogens with two attached hydrogens (primary N) is 1. The number of nitrogens with one attached hydrogen (secondary N) is 2. The Morgan fingerprint density at radius 3 is 3.05 bits per heavy atom. The molecule has 1 amide bonds. The largest absolute Gasteiger partial charge is 0.399 e. The third-order valence-electron chi connectivity index (χ3n) is 2.84. The lowest BCUT2D eigenvalue weighted by Crippen LogP contribution is -2.25. The first-order valence-corrected chi connectivity index (χ1v) is 6.45. The first kappa shape index (κ1) is 13.4. The van der Waals surface area contributed by atoms with Crippen molar-refractivity contribution in [1.29, 1.82) is 0 Å². The Balaban J connectivity index is 1.94. The Hall–Kier alpha value is -2.01. The molecule has 2 rings (SSSR count). The van der Waals surface area contributed by atoms with Gasteiger partial charge in [0.05, 0.1) is 0 Å². The normalized spacial score (nSPS) is 10.8. The number of carbonyl (C=O) groups excluding carboxylic acids is 1. The number of rotatable bonds is 6. The molecule has 1 aromatic heterocycles. The minimum absolute atomic E-state index is 0.105. The summed E-state index contributed by atoms with van der Waals surface area (Å²) in [5.74, 6) is -0.105. The minimum atomic E-state index is -0.105. The van der Waals surface area contributed by atoms with Gasteiger partial charge in [0.1, 0.15) is 5.69 Å². The molecule has 0 aliphatic heterocycles. The van der Waals surface area contributed by atoms with Gasteiger partial charge >= 0.3 is 0 Å². The molecule has 0 saturated heterocycles. The number of nitrogen functional groups attached to an aromatic ring is 1. The maximum Gasteiger partial charge on any atom is 0.267 e. The number of benzene rings is 1. The van der Waals surface area contributed by atoms with Crippen LogP contribution in [-0.2, 0) is 4.74 Å². The van der Waals surface area contributed by atoms with Crippen molar-refractivity contribution in [2.45, 2.75) is 13.3 Å². The molecule has 0 spiro atoms. The molecule has 1 heterocycles. The monoisotopic (exact) mass is 261 g/mol. The SMILES string of the molecule is CCOCCCNC(=O)c1cc2cc(N)ccc2[nH]1. The van der Waals surface area contributed by atoms with E-state index in [9.17, 15) is 4.79 Å². The number of anilines is 1. The Labute approximate surface area is 112 Å². The maximum atomic E-state index is 11.9. The molecule has 0 saturated carbocycles. The Bertz CT molecular complexity index is 563. The summed E-state index contributed by atoms with van der Waals surface area (Å²) in [6, 6.07) is 7.33. The maximum absolute atomic E-state index is 11.9. The summed E-state index contributed by atoms with van der Waals surface area (Å²) < 4.78 is 5.21. The molecule has 5 heteroatoms. The highest BCUT2D eigenvalue weighted by Gasteiger charge is 2.08. The standard InChI is InChI=1S/C14H19N3O2/c1-2-19-7-3-6-16-14(18)13-9-10-8-11(15)4-5-12(10)17-13/h4-5,8-9,17H,2-3,6-7,15H2,1H3,(H,16,18). The second-order valence-electron chi connectivity index (χ2n) is 4.34. The predicted molar refractivity (Wildman–Crippen MR) is 76.2 cm³/mol. The summed E-state index contributed by atoms with van der Waals surface area (Å²) in [6.45, 7) is 3.93. The molecule has 0 radical (unpaired) electrons. The van der Waals surface area contributed by atoms with Crippen LogP contribution in [0.4, 0.5) is 5.69 Å². The van der Waals surface area contributed by atoms with Crippen LogP contribution < -0.4 is 11.1 Å². The molecule has 1 aromatic carbocycles. The van der Waals surface area contributed by atoms with Crippen molar-refractivity contribution in [3.63, 3.8) is 0 Å². The van der Waals surface area contributed by atoms with E-state index in [1.807, 2.05) is 31.2 Å². The minimum Gasteiger partial charge on any atom is -0.399 e. The molecular weight excluding hydrogens is 242 g/mol. The number of hydrogen-bond acceptors (Lipinski definition) is 3. The van der Waals surface area contributed by atoms with Gasteiger partial charge in [0, 0.05) is 36.3 Å². The van der Waals surface area contributed by atoms with Crippen molar-refractivity contribution < 1.29 is 9.53 Å². The van der Waals surface area contributed by atoms with Crippen LogP contribution in [-0.4, -0.2) is 30.6 Å². The second-order valence-corrected chi connectivity index (χ2v) is 4.34. The number of amides is 1. The van der Waals surface area contributed by atoms with Gasteiger partial charge in [-0.2, -0.15) is 0 Å². The van der Waals surface area contributed by atoms with E-state index in [4.69, 9.17) is 10.5 Å². The van der Waals surface area contributed by atoms with Crippen molar-refractivity contribution >= 4 is 22.5 Å². The average molecular weight is 261 g/mol. The molecule has 0 bridgehead atoms. The van der Waals surface area contributed by atoms with E-state index >= 15 is 0 Å². The lowest BCUT2D eigenvalue weighted by molar-refractivity contribution is 0.0940. The van der Waals surface area contributed by atoms with Crippen LogP contribution in [0.25, 0.3) is 10.9 Å². The summed E-state index contributed by atoms with van der Waals surface area (Å²) >= 11 is 0. The highest BCUT2D eigenvalue weighted by Crippen LogP contribution is 2.18. The van der Waals surface area contributed by atoms with Gasteiger partial charge < -0.3 is 20.8 Å². The fourth-order valence-electron chi connectivity index (χ4n) is 1.89. The average Bonchev–Trinajstić information content (AvgIpc) is 2.81. The first-order valence-electron chi connectivity index (χ1n) is 6.45. The van der Waals surface area contributed by atoms with E-state index in [1.54, 1.807) is 0 Å². The zero-order chi connectivity index (χ0) is 13.7. The van der Waals surface area contributed by atoms with Crippen molar-refractivity contribution in [3.8, 4) is 0 Å². The Morgan fingerprint density at radius 2 is 2.26 bits per heavy atom. The van der Waals surface area contributed by atoms with Crippen LogP contribution in [0.5, 0.6) is 0 Å². The van der Waals surface area contributed by atoms with Crippen LogP contribution in [0.15, 0.2) is 24.3 Å². The molecule has 0 aliphatic carbocycles. The van der Waals surface area contributed by atoms with E-state index in [1.165, 1.54) is 0 Å². The Morgan fingerprint density at radius 1 is 1.42 bits per heavy atom. The smallest absolute Gasteiger partial charge is 0.267 e. The van der Waals surface area contributed by atoms with Gasteiger partial charge in [-0.1, -0.05) is 0 Å². The molecule has 0 fully saturated rings. The van der Waals surface area contributed by atoms with Gasteiger partial charge in [0.25, 0.3) is 5.91 Å². The van der Waals surface area contributed by atoms with Gasteiger partial charge in [-0.3, -0.25) is 4.79 Å². The van der Waals surface area contributed by atoms with Crippen LogP contribution in [0.3, 0.4) is 0 Å². The highest BCUT2D eigenvalue weighted by molar-refractivity contribution is 5.98. The summed E-state index contributed by atoms with van der Waals surface area (Å²) in [4.78, 5) is 15.0. The van der Waals surface area contributed by atoms with E-state index < -0.39 is 0 Å². The van der Waals surface area contributed by atoms with Crippen LogP contribution in [0.1, 0.15) is 23.8 Å². The third-order valence-corrected chi connectivity index (χ3v) is 2.84. The molecule has 0 unspecified atom stereocenters. The highest BCUT2D eigenvalue weighted by atomic mass is 16.5. The molecule has 4 N–H and O–H groups in total. The van der Waals surface area contributed by atoms with Crippen molar-refractivity contribution in [2.24, 2.45) is 0 Å². The van der Waals surface area contributed by atoms with E-state index in [0.29, 0.717) is 31.1 Å². The molecule has 5 nitrogen and oxygen atoms in total. The predicted octanol–water partition coefficient (Wildman–Crippen LogP) is 1.91. The fourth-order valence-corrected chi connectivity index (χ4v) is 1.89. The van der Waals surface area contributed by atoms with Gasteiger partial charge in [-0.15, -0.1) is 0 Å². The number of fused-ring (bicyclic) bond motifs is 1. The van der Waals surface area contributed by atoms with Crippen molar-refractivity contribution in [2.75, 3.05) is 25.5 Å². The van der Waals surface area contributed by atoms with E-state index in [-0.39, 0.29) is 5.91 Å². The molecular formula is C14H19N3O2. The van der Waals surface area contributed by atoms with Crippen LogP contribution >= 0.6 is 0 Å². The second kappa shape index (κ2) is 6.24. The summed E-state index contributed by atoms with van der Waals surface area (Å²) in [5, 5.41) is 3.80.